The number of aromatic nitrogens is 2. The minimum Gasteiger partial charge on any atom is -0.365 e. The lowest BCUT2D eigenvalue weighted by atomic mass is 9.99. The van der Waals surface area contributed by atoms with E-state index in [0.717, 1.165) is 25.3 Å². The van der Waals surface area contributed by atoms with Crippen LogP contribution in [0.2, 0.25) is 0 Å². The van der Waals surface area contributed by atoms with Crippen molar-refractivity contribution < 1.29 is 13.2 Å². The summed E-state index contributed by atoms with van der Waals surface area (Å²) in [5.74, 6) is 0.711. The Balaban J connectivity index is 2.26. The lowest BCUT2D eigenvalue weighted by Crippen LogP contribution is -2.34. The van der Waals surface area contributed by atoms with Crippen molar-refractivity contribution in [2.45, 2.75) is 51.7 Å². The molecular weight excluding hydrogens is 281 g/mol. The molecule has 7 heteroatoms. The van der Waals surface area contributed by atoms with E-state index in [1.54, 1.807) is 0 Å². The molecule has 0 atom stereocenters. The Morgan fingerprint density at radius 3 is 2.43 bits per heavy atom. The fraction of sp³-hybridized carbons (Fsp3) is 0.714. The van der Waals surface area contributed by atoms with Gasteiger partial charge in [0.15, 0.2) is 5.69 Å². The molecule has 1 aromatic rings. The summed E-state index contributed by atoms with van der Waals surface area (Å²) in [5, 5.41) is 5.93. The van der Waals surface area contributed by atoms with Crippen LogP contribution >= 0.6 is 0 Å². The summed E-state index contributed by atoms with van der Waals surface area (Å²) in [4.78, 5) is 7.69. The van der Waals surface area contributed by atoms with Gasteiger partial charge in [-0.05, 0) is 39.0 Å². The molecule has 1 aromatic heterocycles. The molecule has 0 aliphatic heterocycles. The number of nitrogens with one attached hydrogen (secondary N) is 2. The van der Waals surface area contributed by atoms with Crippen molar-refractivity contribution in [1.29, 1.82) is 0 Å². The standard InChI is InChI=1S/C14H21F3N4/c1-4-7-18-12-19-10(14(15,16)17)8-11(20-12)21-13(2,3)9-5-6-9/h8-9H,4-7H2,1-3H3,(H2,18,19,20,21). The fourth-order valence-corrected chi connectivity index (χ4v) is 2.21. The smallest absolute Gasteiger partial charge is 0.365 e. The molecular formula is C14H21F3N4. The molecule has 4 nitrogen and oxygen atoms in total. The van der Waals surface area contributed by atoms with Crippen LogP contribution < -0.4 is 10.6 Å². The molecule has 1 aliphatic carbocycles. The Labute approximate surface area is 122 Å². The molecule has 1 aliphatic rings. The number of anilines is 2. The van der Waals surface area contributed by atoms with Crippen LogP contribution in [0.4, 0.5) is 24.9 Å². The van der Waals surface area contributed by atoms with E-state index in [-0.39, 0.29) is 17.3 Å². The van der Waals surface area contributed by atoms with Gasteiger partial charge in [0.1, 0.15) is 5.82 Å². The summed E-state index contributed by atoms with van der Waals surface area (Å²) >= 11 is 0. The van der Waals surface area contributed by atoms with Crippen molar-refractivity contribution in [3.8, 4) is 0 Å². The molecule has 0 bridgehead atoms. The Morgan fingerprint density at radius 2 is 1.90 bits per heavy atom. The van der Waals surface area contributed by atoms with Gasteiger partial charge in [-0.2, -0.15) is 18.2 Å². The number of rotatable bonds is 6. The first-order valence-electron chi connectivity index (χ1n) is 7.20. The van der Waals surface area contributed by atoms with E-state index in [2.05, 4.69) is 20.6 Å². The third-order valence-corrected chi connectivity index (χ3v) is 3.60. The van der Waals surface area contributed by atoms with Crippen LogP contribution in [0.15, 0.2) is 6.07 Å². The van der Waals surface area contributed by atoms with Gasteiger partial charge in [0.2, 0.25) is 5.95 Å². The minimum atomic E-state index is -4.48. The van der Waals surface area contributed by atoms with E-state index < -0.39 is 11.9 Å². The fourth-order valence-electron chi connectivity index (χ4n) is 2.21. The van der Waals surface area contributed by atoms with Gasteiger partial charge in [0, 0.05) is 18.2 Å². The van der Waals surface area contributed by atoms with E-state index in [4.69, 9.17) is 0 Å². The lowest BCUT2D eigenvalue weighted by molar-refractivity contribution is -0.141. The second-order valence-corrected chi connectivity index (χ2v) is 6.01. The first-order chi connectivity index (χ1) is 9.72. The van der Waals surface area contributed by atoms with E-state index in [1.807, 2.05) is 20.8 Å². The predicted molar refractivity (Wildman–Crippen MR) is 76.2 cm³/mol. The molecule has 1 fully saturated rings. The molecule has 21 heavy (non-hydrogen) atoms. The highest BCUT2D eigenvalue weighted by Crippen LogP contribution is 2.41. The second kappa shape index (κ2) is 5.69. The van der Waals surface area contributed by atoms with Gasteiger partial charge in [-0.25, -0.2) is 4.98 Å². The molecule has 0 unspecified atom stereocenters. The number of nitrogens with zero attached hydrogens (tertiary/aromatic N) is 2. The summed E-state index contributed by atoms with van der Waals surface area (Å²) in [5.41, 5.74) is -1.19. The molecule has 0 radical (unpaired) electrons. The predicted octanol–water partition coefficient (Wildman–Crippen LogP) is 3.92. The van der Waals surface area contributed by atoms with Gasteiger partial charge < -0.3 is 10.6 Å². The van der Waals surface area contributed by atoms with Crippen LogP contribution in [0.5, 0.6) is 0 Å². The van der Waals surface area contributed by atoms with Crippen LogP contribution in [0.1, 0.15) is 45.7 Å². The summed E-state index contributed by atoms with van der Waals surface area (Å²) in [6.45, 7) is 6.43. The quantitative estimate of drug-likeness (QED) is 0.836. The number of hydrogen-bond acceptors (Lipinski definition) is 4. The van der Waals surface area contributed by atoms with E-state index in [1.165, 1.54) is 0 Å². The zero-order valence-electron chi connectivity index (χ0n) is 12.5. The second-order valence-electron chi connectivity index (χ2n) is 6.01. The van der Waals surface area contributed by atoms with Crippen LogP contribution in [0.3, 0.4) is 0 Å². The monoisotopic (exact) mass is 302 g/mol. The third-order valence-electron chi connectivity index (χ3n) is 3.60. The summed E-state index contributed by atoms with van der Waals surface area (Å²) in [6.07, 6.45) is -1.50. The SMILES string of the molecule is CCCNc1nc(NC(C)(C)C2CC2)cc(C(F)(F)F)n1. The van der Waals surface area contributed by atoms with Crippen molar-refractivity contribution >= 4 is 11.8 Å². The van der Waals surface area contributed by atoms with Crippen LogP contribution in [-0.4, -0.2) is 22.1 Å². The van der Waals surface area contributed by atoms with Crippen molar-refractivity contribution in [3.05, 3.63) is 11.8 Å². The van der Waals surface area contributed by atoms with E-state index in [0.29, 0.717) is 12.5 Å². The van der Waals surface area contributed by atoms with E-state index >= 15 is 0 Å². The topological polar surface area (TPSA) is 49.8 Å². The summed E-state index contributed by atoms with van der Waals surface area (Å²) in [6, 6.07) is 0.973. The molecule has 2 rings (SSSR count). The van der Waals surface area contributed by atoms with Crippen LogP contribution in [0, 0.1) is 5.92 Å². The highest BCUT2D eigenvalue weighted by atomic mass is 19.4. The van der Waals surface area contributed by atoms with Gasteiger partial charge in [0.25, 0.3) is 0 Å². The molecule has 2 N–H and O–H groups in total. The Bertz CT molecular complexity index is 495. The first-order valence-corrected chi connectivity index (χ1v) is 7.20. The molecule has 1 saturated carbocycles. The maximum Gasteiger partial charge on any atom is 0.433 e. The zero-order valence-corrected chi connectivity index (χ0v) is 12.5. The average Bonchev–Trinajstić information content (AvgIpc) is 3.19. The highest BCUT2D eigenvalue weighted by molar-refractivity contribution is 5.45. The molecule has 0 saturated heterocycles. The van der Waals surface area contributed by atoms with Gasteiger partial charge in [-0.3, -0.25) is 0 Å². The van der Waals surface area contributed by atoms with Crippen molar-refractivity contribution in [1.82, 2.24) is 9.97 Å². The Hall–Kier alpha value is -1.53. The molecule has 118 valence electrons. The molecule has 0 amide bonds. The van der Waals surface area contributed by atoms with Gasteiger partial charge >= 0.3 is 6.18 Å². The largest absolute Gasteiger partial charge is 0.433 e. The minimum absolute atomic E-state index is 0.0146. The molecule has 0 spiro atoms. The maximum absolute atomic E-state index is 12.9. The van der Waals surface area contributed by atoms with Gasteiger partial charge in [-0.15, -0.1) is 0 Å². The average molecular weight is 302 g/mol. The number of alkyl halides is 3. The van der Waals surface area contributed by atoms with Gasteiger partial charge in [-0.1, -0.05) is 6.92 Å². The van der Waals surface area contributed by atoms with Crippen LogP contribution in [-0.2, 0) is 6.18 Å². The van der Waals surface area contributed by atoms with Crippen molar-refractivity contribution in [2.24, 2.45) is 5.92 Å². The van der Waals surface area contributed by atoms with Crippen LogP contribution in [0.25, 0.3) is 0 Å². The Kier molecular flexibility index (Phi) is 4.30. The highest BCUT2D eigenvalue weighted by Gasteiger charge is 2.39. The molecule has 0 aromatic carbocycles. The zero-order chi connectivity index (χ0) is 15.7. The Morgan fingerprint density at radius 1 is 1.24 bits per heavy atom. The lowest BCUT2D eigenvalue weighted by Gasteiger charge is -2.27. The first kappa shape index (κ1) is 15.9. The normalized spacial score (nSPS) is 15.9. The van der Waals surface area contributed by atoms with Gasteiger partial charge in [0.05, 0.1) is 0 Å². The third kappa shape index (κ3) is 4.22. The van der Waals surface area contributed by atoms with Crippen molar-refractivity contribution in [2.75, 3.05) is 17.2 Å². The molecule has 1 heterocycles. The van der Waals surface area contributed by atoms with Crippen molar-refractivity contribution in [3.63, 3.8) is 0 Å². The summed E-state index contributed by atoms with van der Waals surface area (Å²) < 4.78 is 38.8. The van der Waals surface area contributed by atoms with E-state index in [9.17, 15) is 13.2 Å². The number of hydrogen-bond donors (Lipinski definition) is 2. The summed E-state index contributed by atoms with van der Waals surface area (Å²) in [7, 11) is 0. The maximum atomic E-state index is 12.9. The number of halogens is 3.